The fourth-order valence-electron chi connectivity index (χ4n) is 1.72. The van der Waals surface area contributed by atoms with Crippen LogP contribution in [0, 0.1) is 6.92 Å². The third kappa shape index (κ3) is 4.45. The SMILES string of the molecule is COC(=O)Cc1ccc(CNCc2ccc(C)s2)s1. The number of thiophene rings is 2. The van der Waals surface area contributed by atoms with Crippen molar-refractivity contribution in [3.05, 3.63) is 43.8 Å². The molecule has 102 valence electrons. The van der Waals surface area contributed by atoms with Gasteiger partial charge in [-0.1, -0.05) is 0 Å². The van der Waals surface area contributed by atoms with E-state index in [9.17, 15) is 4.79 Å². The Labute approximate surface area is 121 Å². The minimum Gasteiger partial charge on any atom is -0.469 e. The van der Waals surface area contributed by atoms with Crippen LogP contribution in [0.5, 0.6) is 0 Å². The van der Waals surface area contributed by atoms with Gasteiger partial charge in [-0.2, -0.15) is 0 Å². The van der Waals surface area contributed by atoms with E-state index in [-0.39, 0.29) is 5.97 Å². The fourth-order valence-corrected chi connectivity index (χ4v) is 3.55. The van der Waals surface area contributed by atoms with Crippen LogP contribution in [0.4, 0.5) is 0 Å². The molecule has 0 fully saturated rings. The van der Waals surface area contributed by atoms with Crippen molar-refractivity contribution in [2.24, 2.45) is 0 Å². The maximum Gasteiger partial charge on any atom is 0.310 e. The monoisotopic (exact) mass is 295 g/mol. The average Bonchev–Trinajstić information content (AvgIpc) is 2.99. The van der Waals surface area contributed by atoms with Gasteiger partial charge in [0, 0.05) is 32.6 Å². The number of carbonyl (C=O) groups is 1. The standard InChI is InChI=1S/C14H17NO2S2/c1-10-3-4-12(18-10)8-15-9-13-6-5-11(19-13)7-14(16)17-2/h3-6,15H,7-9H2,1-2H3. The van der Waals surface area contributed by atoms with Crippen molar-refractivity contribution < 1.29 is 9.53 Å². The lowest BCUT2D eigenvalue weighted by Gasteiger charge is -2.00. The molecule has 0 aliphatic heterocycles. The summed E-state index contributed by atoms with van der Waals surface area (Å²) in [6, 6.07) is 8.36. The number of carbonyl (C=O) groups excluding carboxylic acids is 1. The Morgan fingerprint density at radius 3 is 2.37 bits per heavy atom. The second-order valence-electron chi connectivity index (χ2n) is 4.24. The highest BCUT2D eigenvalue weighted by molar-refractivity contribution is 7.12. The number of aryl methyl sites for hydroxylation is 1. The number of hydrogen-bond acceptors (Lipinski definition) is 5. The van der Waals surface area contributed by atoms with Crippen molar-refractivity contribution in [3.63, 3.8) is 0 Å². The van der Waals surface area contributed by atoms with Crippen LogP contribution in [0.15, 0.2) is 24.3 Å². The highest BCUT2D eigenvalue weighted by Gasteiger charge is 2.06. The van der Waals surface area contributed by atoms with Crippen LogP contribution in [0.1, 0.15) is 19.5 Å². The van der Waals surface area contributed by atoms with E-state index < -0.39 is 0 Å². The third-order valence-corrected chi connectivity index (χ3v) is 4.74. The summed E-state index contributed by atoms with van der Waals surface area (Å²) in [7, 11) is 1.42. The Bertz CT molecular complexity index is 545. The largest absolute Gasteiger partial charge is 0.469 e. The van der Waals surface area contributed by atoms with Gasteiger partial charge >= 0.3 is 5.97 Å². The normalized spacial score (nSPS) is 10.6. The second kappa shape index (κ2) is 6.84. The quantitative estimate of drug-likeness (QED) is 0.832. The topological polar surface area (TPSA) is 38.3 Å². The average molecular weight is 295 g/mol. The smallest absolute Gasteiger partial charge is 0.310 e. The van der Waals surface area contributed by atoms with E-state index in [1.165, 1.54) is 21.7 Å². The van der Waals surface area contributed by atoms with Gasteiger partial charge in [-0.05, 0) is 31.2 Å². The first-order valence-electron chi connectivity index (χ1n) is 6.08. The Morgan fingerprint density at radius 2 is 1.74 bits per heavy atom. The first-order valence-corrected chi connectivity index (χ1v) is 7.71. The van der Waals surface area contributed by atoms with Crippen molar-refractivity contribution in [2.75, 3.05) is 7.11 Å². The lowest BCUT2D eigenvalue weighted by Crippen LogP contribution is -2.10. The zero-order chi connectivity index (χ0) is 13.7. The Hall–Kier alpha value is -1.17. The van der Waals surface area contributed by atoms with Crippen LogP contribution >= 0.6 is 22.7 Å². The highest BCUT2D eigenvalue weighted by atomic mass is 32.1. The molecule has 0 aliphatic carbocycles. The van der Waals surface area contributed by atoms with Gasteiger partial charge in [-0.15, -0.1) is 22.7 Å². The summed E-state index contributed by atoms with van der Waals surface area (Å²) in [6.07, 6.45) is 0.366. The van der Waals surface area contributed by atoms with E-state index in [0.717, 1.165) is 18.0 Å². The van der Waals surface area contributed by atoms with Crippen LogP contribution in [0.3, 0.4) is 0 Å². The molecular weight excluding hydrogens is 278 g/mol. The first-order chi connectivity index (χ1) is 9.17. The van der Waals surface area contributed by atoms with E-state index in [1.54, 1.807) is 11.3 Å². The maximum absolute atomic E-state index is 11.2. The van der Waals surface area contributed by atoms with Gasteiger partial charge in [-0.3, -0.25) is 4.79 Å². The van der Waals surface area contributed by atoms with Gasteiger partial charge in [0.1, 0.15) is 0 Å². The summed E-state index contributed by atoms with van der Waals surface area (Å²) in [5.41, 5.74) is 0. The van der Waals surface area contributed by atoms with Crippen molar-refractivity contribution in [1.82, 2.24) is 5.32 Å². The van der Waals surface area contributed by atoms with Crippen molar-refractivity contribution in [1.29, 1.82) is 0 Å². The molecule has 0 unspecified atom stereocenters. The van der Waals surface area contributed by atoms with Crippen LogP contribution in [0.2, 0.25) is 0 Å². The van der Waals surface area contributed by atoms with E-state index >= 15 is 0 Å². The van der Waals surface area contributed by atoms with Crippen molar-refractivity contribution >= 4 is 28.6 Å². The van der Waals surface area contributed by atoms with Gasteiger partial charge in [0.25, 0.3) is 0 Å². The Morgan fingerprint density at radius 1 is 1.11 bits per heavy atom. The fraction of sp³-hybridized carbons (Fsp3) is 0.357. The zero-order valence-electron chi connectivity index (χ0n) is 11.1. The minimum absolute atomic E-state index is 0.185. The molecule has 0 atom stereocenters. The van der Waals surface area contributed by atoms with Crippen LogP contribution in [-0.2, 0) is 29.0 Å². The molecule has 0 bridgehead atoms. The van der Waals surface area contributed by atoms with Crippen LogP contribution in [0.25, 0.3) is 0 Å². The second-order valence-corrected chi connectivity index (χ2v) is 6.86. The molecule has 2 heterocycles. The van der Waals surface area contributed by atoms with Gasteiger partial charge in [-0.25, -0.2) is 0 Å². The molecule has 0 aromatic carbocycles. The number of methoxy groups -OCH3 is 1. The number of nitrogens with one attached hydrogen (secondary N) is 1. The summed E-state index contributed by atoms with van der Waals surface area (Å²) >= 11 is 3.48. The number of ether oxygens (including phenoxy) is 1. The molecule has 5 heteroatoms. The van der Waals surface area contributed by atoms with Crippen molar-refractivity contribution in [2.45, 2.75) is 26.4 Å². The maximum atomic E-state index is 11.2. The molecule has 19 heavy (non-hydrogen) atoms. The molecule has 3 nitrogen and oxygen atoms in total. The molecule has 0 saturated carbocycles. The van der Waals surface area contributed by atoms with E-state index in [4.69, 9.17) is 0 Å². The zero-order valence-corrected chi connectivity index (χ0v) is 12.7. The summed E-state index contributed by atoms with van der Waals surface area (Å²) in [5, 5.41) is 3.42. The number of esters is 1. The Kier molecular flexibility index (Phi) is 5.13. The predicted octanol–water partition coefficient (Wildman–Crippen LogP) is 3.12. The van der Waals surface area contributed by atoms with E-state index in [2.05, 4.69) is 35.2 Å². The van der Waals surface area contributed by atoms with Crippen LogP contribution < -0.4 is 5.32 Å². The Balaban J connectivity index is 1.78. The third-order valence-electron chi connectivity index (χ3n) is 2.66. The van der Waals surface area contributed by atoms with Crippen LogP contribution in [-0.4, -0.2) is 13.1 Å². The summed E-state index contributed by atoms with van der Waals surface area (Å²) in [6.45, 7) is 3.85. The minimum atomic E-state index is -0.185. The molecule has 0 radical (unpaired) electrons. The number of rotatable bonds is 6. The van der Waals surface area contributed by atoms with Gasteiger partial charge in [0.15, 0.2) is 0 Å². The molecule has 2 aromatic heterocycles. The summed E-state index contributed by atoms with van der Waals surface area (Å²) < 4.78 is 4.66. The molecule has 0 saturated heterocycles. The lowest BCUT2D eigenvalue weighted by molar-refractivity contribution is -0.139. The highest BCUT2D eigenvalue weighted by Crippen LogP contribution is 2.18. The predicted molar refractivity (Wildman–Crippen MR) is 79.6 cm³/mol. The number of hydrogen-bond donors (Lipinski definition) is 1. The molecule has 2 rings (SSSR count). The molecule has 1 N–H and O–H groups in total. The first kappa shape index (κ1) is 14.2. The van der Waals surface area contributed by atoms with E-state index in [0.29, 0.717) is 6.42 Å². The van der Waals surface area contributed by atoms with Gasteiger partial charge in [0.2, 0.25) is 0 Å². The van der Waals surface area contributed by atoms with E-state index in [1.807, 2.05) is 17.4 Å². The van der Waals surface area contributed by atoms with Gasteiger partial charge in [0.05, 0.1) is 13.5 Å². The lowest BCUT2D eigenvalue weighted by atomic mass is 10.3. The summed E-state index contributed by atoms with van der Waals surface area (Å²) in [4.78, 5) is 16.1. The van der Waals surface area contributed by atoms with Gasteiger partial charge < -0.3 is 10.1 Å². The molecule has 2 aromatic rings. The molecule has 0 aliphatic rings. The van der Waals surface area contributed by atoms with Crippen molar-refractivity contribution in [3.8, 4) is 0 Å². The summed E-state index contributed by atoms with van der Waals surface area (Å²) in [5.74, 6) is -0.185. The molecular formula is C14H17NO2S2. The molecule has 0 spiro atoms. The molecule has 0 amide bonds.